The van der Waals surface area contributed by atoms with Gasteiger partial charge in [0.05, 0.1) is 23.0 Å². The maximum Gasteiger partial charge on any atom is 0.326 e. The molecule has 1 atom stereocenters. The minimum atomic E-state index is -4.22. The molecule has 0 unspecified atom stereocenters. The highest BCUT2D eigenvalue weighted by Gasteiger charge is 2.26. The van der Waals surface area contributed by atoms with Crippen LogP contribution in [0, 0.1) is 5.82 Å². The zero-order chi connectivity index (χ0) is 25.2. The van der Waals surface area contributed by atoms with Crippen molar-refractivity contribution >= 4 is 61.9 Å². The van der Waals surface area contributed by atoms with Crippen molar-refractivity contribution in [2.45, 2.75) is 17.4 Å². The number of amides is 1. The summed E-state index contributed by atoms with van der Waals surface area (Å²) in [6.45, 7) is 0. The van der Waals surface area contributed by atoms with Gasteiger partial charge in [0.2, 0.25) is 0 Å². The van der Waals surface area contributed by atoms with Gasteiger partial charge >= 0.3 is 5.97 Å². The van der Waals surface area contributed by atoms with Gasteiger partial charge in [0.15, 0.2) is 0 Å². The Labute approximate surface area is 207 Å². The molecule has 13 heteroatoms. The lowest BCUT2D eigenvalue weighted by Gasteiger charge is -2.17. The van der Waals surface area contributed by atoms with Gasteiger partial charge in [-0.1, -0.05) is 29.8 Å². The highest BCUT2D eigenvalue weighted by molar-refractivity contribution is 7.93. The molecular formula is C22H16ClFN4O5S2. The predicted molar refractivity (Wildman–Crippen MR) is 129 cm³/mol. The lowest BCUT2D eigenvalue weighted by atomic mass is 10.0. The molecule has 0 radical (unpaired) electrons. The lowest BCUT2D eigenvalue weighted by molar-refractivity contribution is -0.139. The van der Waals surface area contributed by atoms with Gasteiger partial charge in [0, 0.05) is 11.4 Å². The van der Waals surface area contributed by atoms with Crippen molar-refractivity contribution in [3.63, 3.8) is 0 Å². The van der Waals surface area contributed by atoms with E-state index in [0.29, 0.717) is 11.1 Å². The van der Waals surface area contributed by atoms with Crippen molar-refractivity contribution in [2.75, 3.05) is 4.72 Å². The number of carbonyl (C=O) groups excluding carboxylic acids is 1. The third-order valence-corrected chi connectivity index (χ3v) is 7.14. The number of aliphatic carboxylic acids is 1. The minimum Gasteiger partial charge on any atom is -0.480 e. The Morgan fingerprint density at radius 3 is 2.54 bits per heavy atom. The van der Waals surface area contributed by atoms with Crippen molar-refractivity contribution in [3.8, 4) is 0 Å². The number of nitrogens with zero attached hydrogens (tertiary/aromatic N) is 2. The van der Waals surface area contributed by atoms with Gasteiger partial charge in [-0.05, 0) is 48.0 Å². The summed E-state index contributed by atoms with van der Waals surface area (Å²) in [5.74, 6) is -2.64. The molecule has 35 heavy (non-hydrogen) atoms. The number of anilines is 1. The Morgan fingerprint density at radius 1 is 1.09 bits per heavy atom. The number of fused-ring (bicyclic) bond motifs is 1. The van der Waals surface area contributed by atoms with Gasteiger partial charge in [0.25, 0.3) is 15.9 Å². The summed E-state index contributed by atoms with van der Waals surface area (Å²) in [7, 11) is -4.22. The van der Waals surface area contributed by atoms with Gasteiger partial charge in [-0.15, -0.1) is 0 Å². The van der Waals surface area contributed by atoms with E-state index < -0.39 is 33.8 Å². The molecule has 3 N–H and O–H groups in total. The molecule has 0 aliphatic carbocycles. The second kappa shape index (κ2) is 9.94. The summed E-state index contributed by atoms with van der Waals surface area (Å²) in [6, 6.07) is 12.2. The third-order valence-electron chi connectivity index (χ3n) is 4.97. The molecule has 180 valence electrons. The molecule has 0 fully saturated rings. The minimum absolute atomic E-state index is 0.116. The molecule has 4 rings (SSSR count). The second-order valence-electron chi connectivity index (χ2n) is 7.38. The molecule has 1 aromatic heterocycles. The molecule has 0 saturated heterocycles. The quantitative estimate of drug-likeness (QED) is 0.313. The van der Waals surface area contributed by atoms with Gasteiger partial charge in [-0.3, -0.25) is 9.52 Å². The lowest BCUT2D eigenvalue weighted by Crippen LogP contribution is -2.42. The normalized spacial score (nSPS) is 12.3. The fraction of sp³-hybridized carbons (Fsp3) is 0.0909. The highest BCUT2D eigenvalue weighted by atomic mass is 35.5. The average Bonchev–Trinajstić information content (AvgIpc) is 3.28. The first-order chi connectivity index (χ1) is 16.6. The van der Waals surface area contributed by atoms with Crippen LogP contribution in [0.5, 0.6) is 0 Å². The van der Waals surface area contributed by atoms with Crippen LogP contribution < -0.4 is 10.0 Å². The Hall–Kier alpha value is -3.61. The number of nitrogens with one attached hydrogen (secondary N) is 2. The number of aromatic nitrogens is 2. The van der Waals surface area contributed by atoms with Crippen LogP contribution in [0.3, 0.4) is 0 Å². The number of carboxylic acid groups (broad SMARTS) is 1. The molecule has 0 bridgehead atoms. The standard InChI is InChI=1S/C22H16ClFN4O5S2/c23-13-6-9-15(21(29)25-18(22(30)31)10-12-4-7-14(24)8-5-12)17(11-13)28-35(32,33)19-3-1-2-16-20(19)27-34-26-16/h1-9,11,18,28H,10H2,(H,25,29)(H,30,31)/t18-/m0/s1. The van der Waals surface area contributed by atoms with E-state index in [0.717, 1.165) is 11.7 Å². The largest absolute Gasteiger partial charge is 0.480 e. The number of benzene rings is 3. The van der Waals surface area contributed by atoms with Crippen LogP contribution in [0.15, 0.2) is 65.6 Å². The molecule has 1 amide bonds. The third kappa shape index (κ3) is 5.56. The van der Waals surface area contributed by atoms with E-state index in [-0.39, 0.29) is 33.1 Å². The first kappa shape index (κ1) is 24.5. The van der Waals surface area contributed by atoms with Gasteiger partial charge in [-0.2, -0.15) is 8.75 Å². The van der Waals surface area contributed by atoms with Crippen molar-refractivity contribution < 1.29 is 27.5 Å². The van der Waals surface area contributed by atoms with Gasteiger partial charge in [-0.25, -0.2) is 17.6 Å². The van der Waals surface area contributed by atoms with Crippen molar-refractivity contribution in [1.82, 2.24) is 14.1 Å². The Balaban J connectivity index is 1.62. The van der Waals surface area contributed by atoms with Crippen LogP contribution in [-0.4, -0.2) is 40.2 Å². The predicted octanol–water partition coefficient (Wildman–Crippen LogP) is 3.71. The van der Waals surface area contributed by atoms with E-state index in [4.69, 9.17) is 11.6 Å². The summed E-state index contributed by atoms with van der Waals surface area (Å²) >= 11 is 6.90. The van der Waals surface area contributed by atoms with Crippen LogP contribution >= 0.6 is 23.3 Å². The number of hydrogen-bond acceptors (Lipinski definition) is 7. The molecule has 0 saturated carbocycles. The maximum absolute atomic E-state index is 13.2. The number of carboxylic acids is 1. The molecule has 3 aromatic carbocycles. The van der Waals surface area contributed by atoms with Crippen LogP contribution in [0.25, 0.3) is 11.0 Å². The number of hydrogen-bond donors (Lipinski definition) is 3. The van der Waals surface area contributed by atoms with E-state index in [1.165, 1.54) is 54.6 Å². The fourth-order valence-electron chi connectivity index (χ4n) is 3.29. The zero-order valence-corrected chi connectivity index (χ0v) is 20.0. The van der Waals surface area contributed by atoms with Crippen LogP contribution in [-0.2, 0) is 21.2 Å². The van der Waals surface area contributed by atoms with Gasteiger partial charge in [0.1, 0.15) is 27.8 Å². The zero-order valence-electron chi connectivity index (χ0n) is 17.6. The second-order valence-corrected chi connectivity index (χ2v) is 9.99. The van der Waals surface area contributed by atoms with Crippen LogP contribution in [0.1, 0.15) is 15.9 Å². The first-order valence-electron chi connectivity index (χ1n) is 9.96. The van der Waals surface area contributed by atoms with Crippen molar-refractivity contribution in [1.29, 1.82) is 0 Å². The summed E-state index contributed by atoms with van der Waals surface area (Å²) in [6.07, 6.45) is -0.116. The Morgan fingerprint density at radius 2 is 1.83 bits per heavy atom. The Bertz CT molecular complexity index is 1530. The van der Waals surface area contributed by atoms with E-state index in [9.17, 15) is 27.5 Å². The van der Waals surface area contributed by atoms with Crippen LogP contribution in [0.2, 0.25) is 5.02 Å². The summed E-state index contributed by atoms with van der Waals surface area (Å²) in [5, 5.41) is 12.1. The summed E-state index contributed by atoms with van der Waals surface area (Å²) in [4.78, 5) is 24.6. The number of carbonyl (C=O) groups is 2. The first-order valence-corrected chi connectivity index (χ1v) is 12.5. The molecule has 1 heterocycles. The van der Waals surface area contributed by atoms with Crippen LogP contribution in [0.4, 0.5) is 10.1 Å². The number of rotatable bonds is 8. The smallest absolute Gasteiger partial charge is 0.326 e. The molecule has 0 aliphatic heterocycles. The maximum atomic E-state index is 13.2. The van der Waals surface area contributed by atoms with E-state index in [1.54, 1.807) is 6.07 Å². The van der Waals surface area contributed by atoms with E-state index in [2.05, 4.69) is 18.8 Å². The van der Waals surface area contributed by atoms with Gasteiger partial charge < -0.3 is 10.4 Å². The van der Waals surface area contributed by atoms with E-state index >= 15 is 0 Å². The van der Waals surface area contributed by atoms with E-state index in [1.807, 2.05) is 0 Å². The SMILES string of the molecule is O=C(N[C@@H](Cc1ccc(F)cc1)C(=O)O)c1ccc(Cl)cc1NS(=O)(=O)c1cccc2nsnc12. The molecule has 4 aromatic rings. The molecule has 0 aliphatic rings. The number of sulfonamides is 1. The Kier molecular flexibility index (Phi) is 6.96. The highest BCUT2D eigenvalue weighted by Crippen LogP contribution is 2.27. The monoisotopic (exact) mass is 534 g/mol. The molecular weight excluding hydrogens is 519 g/mol. The fourth-order valence-corrected chi connectivity index (χ4v) is 5.30. The number of halogens is 2. The summed E-state index contributed by atoms with van der Waals surface area (Å²) in [5.41, 5.74) is 0.754. The average molecular weight is 535 g/mol. The summed E-state index contributed by atoms with van der Waals surface area (Å²) < 4.78 is 49.8. The van der Waals surface area contributed by atoms with Crippen molar-refractivity contribution in [3.05, 3.63) is 82.6 Å². The molecule has 9 nitrogen and oxygen atoms in total. The van der Waals surface area contributed by atoms with Crippen molar-refractivity contribution in [2.24, 2.45) is 0 Å². The topological polar surface area (TPSA) is 138 Å². The molecule has 0 spiro atoms.